The van der Waals surface area contributed by atoms with E-state index < -0.39 is 0 Å². The third-order valence-corrected chi connectivity index (χ3v) is 7.41. The summed E-state index contributed by atoms with van der Waals surface area (Å²) in [6.45, 7) is 0. The lowest BCUT2D eigenvalue weighted by Crippen LogP contribution is -2.52. The molecule has 4 fully saturated rings. The standard InChI is InChI=1S/C20H32O2/c21-19-17-13-7-8-14-18(17)20(22-19,15-9-3-1-4-10-15)16-11-5-2-6-12-16/h15-18H,1-14H2. The van der Waals surface area contributed by atoms with Crippen LogP contribution in [-0.4, -0.2) is 11.6 Å². The molecule has 1 saturated heterocycles. The summed E-state index contributed by atoms with van der Waals surface area (Å²) in [5.74, 6) is 2.32. The van der Waals surface area contributed by atoms with Crippen LogP contribution in [0.1, 0.15) is 89.9 Å². The molecule has 124 valence electrons. The molecule has 3 saturated carbocycles. The minimum Gasteiger partial charge on any atom is -0.458 e. The molecule has 0 amide bonds. The van der Waals surface area contributed by atoms with Crippen molar-refractivity contribution >= 4 is 5.97 Å². The van der Waals surface area contributed by atoms with Crippen LogP contribution in [0.15, 0.2) is 0 Å². The van der Waals surface area contributed by atoms with Gasteiger partial charge in [-0.3, -0.25) is 4.79 Å². The molecule has 2 unspecified atom stereocenters. The topological polar surface area (TPSA) is 26.3 Å². The van der Waals surface area contributed by atoms with Crippen LogP contribution in [-0.2, 0) is 9.53 Å². The molecule has 2 heteroatoms. The van der Waals surface area contributed by atoms with Crippen molar-refractivity contribution in [2.24, 2.45) is 23.7 Å². The molecule has 2 atom stereocenters. The van der Waals surface area contributed by atoms with Crippen LogP contribution < -0.4 is 0 Å². The van der Waals surface area contributed by atoms with E-state index in [1.165, 1.54) is 83.5 Å². The van der Waals surface area contributed by atoms with Crippen LogP contribution in [0.5, 0.6) is 0 Å². The summed E-state index contributed by atoms with van der Waals surface area (Å²) in [6.07, 6.45) is 18.4. The van der Waals surface area contributed by atoms with Gasteiger partial charge in [0.25, 0.3) is 0 Å². The summed E-state index contributed by atoms with van der Waals surface area (Å²) < 4.78 is 6.44. The van der Waals surface area contributed by atoms with E-state index in [-0.39, 0.29) is 17.5 Å². The smallest absolute Gasteiger partial charge is 0.309 e. The normalized spacial score (nSPS) is 36.8. The van der Waals surface area contributed by atoms with Gasteiger partial charge in [0.2, 0.25) is 0 Å². The third-order valence-electron chi connectivity index (χ3n) is 7.41. The fraction of sp³-hybridized carbons (Fsp3) is 0.950. The van der Waals surface area contributed by atoms with Gasteiger partial charge in [0.15, 0.2) is 0 Å². The van der Waals surface area contributed by atoms with Gasteiger partial charge in [0.1, 0.15) is 5.60 Å². The quantitative estimate of drug-likeness (QED) is 0.651. The van der Waals surface area contributed by atoms with E-state index in [0.29, 0.717) is 17.8 Å². The van der Waals surface area contributed by atoms with Gasteiger partial charge < -0.3 is 4.74 Å². The van der Waals surface area contributed by atoms with Crippen LogP contribution in [0.2, 0.25) is 0 Å². The van der Waals surface area contributed by atoms with Crippen LogP contribution >= 0.6 is 0 Å². The van der Waals surface area contributed by atoms with E-state index in [2.05, 4.69) is 0 Å². The predicted molar refractivity (Wildman–Crippen MR) is 87.4 cm³/mol. The Kier molecular flexibility index (Phi) is 4.21. The number of ether oxygens (including phenoxy) is 1. The summed E-state index contributed by atoms with van der Waals surface area (Å²) in [7, 11) is 0. The molecule has 0 radical (unpaired) electrons. The summed E-state index contributed by atoms with van der Waals surface area (Å²) in [6, 6.07) is 0. The first-order valence-corrected chi connectivity index (χ1v) is 10.0. The van der Waals surface area contributed by atoms with Crippen molar-refractivity contribution in [2.75, 3.05) is 0 Å². The lowest BCUT2D eigenvalue weighted by atomic mass is 9.57. The molecule has 4 rings (SSSR count). The van der Waals surface area contributed by atoms with Gasteiger partial charge in [-0.1, -0.05) is 51.4 Å². The Morgan fingerprint density at radius 1 is 0.682 bits per heavy atom. The fourth-order valence-electron chi connectivity index (χ4n) is 6.49. The largest absolute Gasteiger partial charge is 0.458 e. The summed E-state index contributed by atoms with van der Waals surface area (Å²) >= 11 is 0. The molecular weight excluding hydrogens is 272 g/mol. The van der Waals surface area contributed by atoms with Crippen molar-refractivity contribution in [2.45, 2.75) is 95.5 Å². The van der Waals surface area contributed by atoms with E-state index in [1.54, 1.807) is 0 Å². The zero-order chi connectivity index (χ0) is 15.0. The molecular formula is C20H32O2. The van der Waals surface area contributed by atoms with E-state index in [9.17, 15) is 4.79 Å². The number of hydrogen-bond acceptors (Lipinski definition) is 2. The number of rotatable bonds is 2. The molecule has 4 aliphatic rings. The second-order valence-corrected chi connectivity index (χ2v) is 8.44. The number of hydrogen-bond donors (Lipinski definition) is 0. The first-order chi connectivity index (χ1) is 10.8. The van der Waals surface area contributed by atoms with Crippen molar-refractivity contribution in [3.8, 4) is 0 Å². The molecule has 3 aliphatic carbocycles. The molecule has 0 aromatic rings. The van der Waals surface area contributed by atoms with Crippen LogP contribution in [0.25, 0.3) is 0 Å². The minimum absolute atomic E-state index is 0.0526. The van der Waals surface area contributed by atoms with E-state index in [0.717, 1.165) is 6.42 Å². The molecule has 22 heavy (non-hydrogen) atoms. The van der Waals surface area contributed by atoms with Crippen molar-refractivity contribution in [3.05, 3.63) is 0 Å². The summed E-state index contributed by atoms with van der Waals surface area (Å²) in [5, 5.41) is 0. The maximum atomic E-state index is 12.7. The highest BCUT2D eigenvalue weighted by Crippen LogP contribution is 2.58. The molecule has 1 aliphatic heterocycles. The molecule has 1 heterocycles. The van der Waals surface area contributed by atoms with Crippen molar-refractivity contribution in [1.29, 1.82) is 0 Å². The summed E-state index contributed by atoms with van der Waals surface area (Å²) in [4.78, 5) is 12.7. The highest BCUT2D eigenvalue weighted by molar-refractivity contribution is 5.76. The van der Waals surface area contributed by atoms with Gasteiger partial charge in [0, 0.05) is 5.92 Å². The number of cyclic esters (lactones) is 1. The van der Waals surface area contributed by atoms with Gasteiger partial charge in [-0.2, -0.15) is 0 Å². The average molecular weight is 304 g/mol. The maximum absolute atomic E-state index is 12.7. The minimum atomic E-state index is -0.0526. The Morgan fingerprint density at radius 3 is 1.77 bits per heavy atom. The Bertz CT molecular complexity index is 386. The predicted octanol–water partition coefficient (Wildman–Crippen LogP) is 5.25. The van der Waals surface area contributed by atoms with E-state index in [1.807, 2.05) is 0 Å². The molecule has 0 N–H and O–H groups in total. The highest BCUT2D eigenvalue weighted by atomic mass is 16.6. The third kappa shape index (κ3) is 2.32. The Morgan fingerprint density at radius 2 is 1.18 bits per heavy atom. The van der Waals surface area contributed by atoms with Crippen LogP contribution in [0.4, 0.5) is 0 Å². The maximum Gasteiger partial charge on any atom is 0.309 e. The SMILES string of the molecule is O=C1OC(C2CCCCC2)(C2CCCCC2)C2CCCCC12. The second kappa shape index (κ2) is 6.17. The number of carbonyl (C=O) groups excluding carboxylic acids is 1. The van der Waals surface area contributed by atoms with Gasteiger partial charge in [-0.15, -0.1) is 0 Å². The Hall–Kier alpha value is -0.530. The monoisotopic (exact) mass is 304 g/mol. The highest BCUT2D eigenvalue weighted by Gasteiger charge is 2.62. The first-order valence-electron chi connectivity index (χ1n) is 10.0. The Balaban J connectivity index is 1.69. The second-order valence-electron chi connectivity index (χ2n) is 8.44. The zero-order valence-corrected chi connectivity index (χ0v) is 14.0. The lowest BCUT2D eigenvalue weighted by Gasteiger charge is -2.49. The molecule has 0 aromatic heterocycles. The number of esters is 1. The zero-order valence-electron chi connectivity index (χ0n) is 14.0. The summed E-state index contributed by atoms with van der Waals surface area (Å²) in [5.41, 5.74) is -0.0526. The molecule has 0 aromatic carbocycles. The molecule has 2 nitrogen and oxygen atoms in total. The van der Waals surface area contributed by atoms with Gasteiger partial charge in [0.05, 0.1) is 5.92 Å². The van der Waals surface area contributed by atoms with Crippen molar-refractivity contribution in [1.82, 2.24) is 0 Å². The van der Waals surface area contributed by atoms with Crippen LogP contribution in [0.3, 0.4) is 0 Å². The first kappa shape index (κ1) is 15.0. The number of carbonyl (C=O) groups is 1. The van der Waals surface area contributed by atoms with Crippen molar-refractivity contribution in [3.63, 3.8) is 0 Å². The van der Waals surface area contributed by atoms with Crippen molar-refractivity contribution < 1.29 is 9.53 Å². The van der Waals surface area contributed by atoms with E-state index >= 15 is 0 Å². The molecule has 0 spiro atoms. The Labute approximate surface area is 135 Å². The fourth-order valence-corrected chi connectivity index (χ4v) is 6.49. The molecule has 0 bridgehead atoms. The van der Waals surface area contributed by atoms with Gasteiger partial charge in [-0.25, -0.2) is 0 Å². The van der Waals surface area contributed by atoms with Gasteiger partial charge in [-0.05, 0) is 50.4 Å². The van der Waals surface area contributed by atoms with Gasteiger partial charge >= 0.3 is 5.97 Å². The number of fused-ring (bicyclic) bond motifs is 1. The lowest BCUT2D eigenvalue weighted by molar-refractivity contribution is -0.169. The van der Waals surface area contributed by atoms with Crippen LogP contribution in [0, 0.1) is 23.7 Å². The van der Waals surface area contributed by atoms with E-state index in [4.69, 9.17) is 4.74 Å². The average Bonchev–Trinajstić information content (AvgIpc) is 2.91.